The van der Waals surface area contributed by atoms with Gasteiger partial charge in [-0.2, -0.15) is 0 Å². The third kappa shape index (κ3) is 3.56. The number of rotatable bonds is 4. The second-order valence-electron chi connectivity index (χ2n) is 4.30. The van der Waals surface area contributed by atoms with Gasteiger partial charge in [0.25, 0.3) is 11.6 Å². The number of aromatic nitrogens is 1. The first-order valence-electron chi connectivity index (χ1n) is 5.76. The molecule has 0 unspecified atom stereocenters. The Morgan fingerprint density at radius 2 is 2.29 bits per heavy atom. The highest BCUT2D eigenvalue weighted by atomic mass is 79.9. The van der Waals surface area contributed by atoms with Crippen LogP contribution in [0, 0.1) is 10.1 Å². The lowest BCUT2D eigenvalue weighted by Gasteiger charge is -2.17. The summed E-state index contributed by atoms with van der Waals surface area (Å²) in [6.07, 6.45) is 1.03. The Bertz CT molecular complexity index is 704. The van der Waals surface area contributed by atoms with Crippen LogP contribution in [0.1, 0.15) is 15.9 Å². The summed E-state index contributed by atoms with van der Waals surface area (Å²) in [5.41, 5.74) is 6.36. The molecule has 1 amide bonds. The van der Waals surface area contributed by atoms with Crippen LogP contribution in [0.3, 0.4) is 0 Å². The minimum Gasteiger partial charge on any atom is -0.383 e. The Hall–Kier alpha value is -2.00. The van der Waals surface area contributed by atoms with E-state index in [0.717, 1.165) is 21.6 Å². The zero-order valence-corrected chi connectivity index (χ0v) is 13.3. The molecule has 0 radical (unpaired) electrons. The van der Waals surface area contributed by atoms with E-state index >= 15 is 0 Å². The van der Waals surface area contributed by atoms with Crippen LogP contribution in [0.15, 0.2) is 27.5 Å². The average Bonchev–Trinajstić information content (AvgIpc) is 2.83. The van der Waals surface area contributed by atoms with Gasteiger partial charge >= 0.3 is 0 Å². The maximum absolute atomic E-state index is 12.3. The number of nitro groups is 1. The van der Waals surface area contributed by atoms with E-state index < -0.39 is 10.8 Å². The van der Waals surface area contributed by atoms with Crippen LogP contribution in [0.25, 0.3) is 0 Å². The normalized spacial score (nSPS) is 10.4. The molecule has 2 heterocycles. The second-order valence-corrected chi connectivity index (χ2v) is 6.59. The molecule has 0 atom stereocenters. The van der Waals surface area contributed by atoms with E-state index in [1.807, 2.05) is 11.4 Å². The van der Waals surface area contributed by atoms with Crippen molar-refractivity contribution in [3.8, 4) is 0 Å². The second kappa shape index (κ2) is 6.19. The zero-order chi connectivity index (χ0) is 15.6. The quantitative estimate of drug-likeness (QED) is 0.658. The van der Waals surface area contributed by atoms with Gasteiger partial charge in [-0.1, -0.05) is 0 Å². The fourth-order valence-corrected chi connectivity index (χ4v) is 2.92. The molecule has 0 aliphatic rings. The summed E-state index contributed by atoms with van der Waals surface area (Å²) in [6.45, 7) is 0.378. The number of carbonyl (C=O) groups excluding carboxylic acids is 1. The molecule has 0 bridgehead atoms. The summed E-state index contributed by atoms with van der Waals surface area (Å²) in [5, 5.41) is 12.7. The van der Waals surface area contributed by atoms with E-state index in [0.29, 0.717) is 6.54 Å². The molecule has 21 heavy (non-hydrogen) atoms. The number of nitrogens with two attached hydrogens (primary N) is 1. The molecular formula is C12H11BrN4O3S. The summed E-state index contributed by atoms with van der Waals surface area (Å²) in [7, 11) is 1.60. The molecule has 0 aliphatic heterocycles. The van der Waals surface area contributed by atoms with Gasteiger partial charge < -0.3 is 10.6 Å². The monoisotopic (exact) mass is 370 g/mol. The highest BCUT2D eigenvalue weighted by Gasteiger charge is 2.20. The summed E-state index contributed by atoms with van der Waals surface area (Å²) in [5.74, 6) is -0.435. The van der Waals surface area contributed by atoms with Crippen molar-refractivity contribution in [2.45, 2.75) is 6.54 Å². The van der Waals surface area contributed by atoms with E-state index in [1.54, 1.807) is 7.05 Å². The van der Waals surface area contributed by atoms with Gasteiger partial charge in [0, 0.05) is 19.7 Å². The lowest BCUT2D eigenvalue weighted by Crippen LogP contribution is -2.27. The third-order valence-electron chi connectivity index (χ3n) is 2.73. The highest BCUT2D eigenvalue weighted by Crippen LogP contribution is 2.23. The number of carbonyl (C=O) groups is 1. The topological polar surface area (TPSA) is 102 Å². The van der Waals surface area contributed by atoms with Crippen molar-refractivity contribution in [2.24, 2.45) is 0 Å². The van der Waals surface area contributed by atoms with Gasteiger partial charge in [-0.15, -0.1) is 11.3 Å². The number of hydrogen-bond acceptors (Lipinski definition) is 6. The van der Waals surface area contributed by atoms with Crippen LogP contribution in [-0.4, -0.2) is 27.8 Å². The van der Waals surface area contributed by atoms with Crippen molar-refractivity contribution >= 4 is 44.7 Å². The van der Waals surface area contributed by atoms with Gasteiger partial charge in [0.2, 0.25) is 0 Å². The van der Waals surface area contributed by atoms with Crippen molar-refractivity contribution in [3.05, 3.63) is 48.7 Å². The predicted molar refractivity (Wildman–Crippen MR) is 83.1 cm³/mol. The molecule has 2 aromatic rings. The van der Waals surface area contributed by atoms with Gasteiger partial charge in [0.1, 0.15) is 12.0 Å². The van der Waals surface area contributed by atoms with E-state index in [-0.39, 0.29) is 17.1 Å². The Labute approximate surface area is 132 Å². The van der Waals surface area contributed by atoms with Crippen LogP contribution in [-0.2, 0) is 6.54 Å². The SMILES string of the molecule is CN(Cc1csc(Br)c1)C(=O)c1cc([N+](=O)[O-])cnc1N. The lowest BCUT2D eigenvalue weighted by atomic mass is 10.2. The summed E-state index contributed by atoms with van der Waals surface area (Å²) in [4.78, 5) is 27.6. The van der Waals surface area contributed by atoms with Crippen molar-refractivity contribution in [3.63, 3.8) is 0 Å². The zero-order valence-electron chi connectivity index (χ0n) is 10.9. The average molecular weight is 371 g/mol. The van der Waals surface area contributed by atoms with Gasteiger partial charge in [0.15, 0.2) is 0 Å². The molecule has 110 valence electrons. The lowest BCUT2D eigenvalue weighted by molar-refractivity contribution is -0.385. The first-order chi connectivity index (χ1) is 9.88. The van der Waals surface area contributed by atoms with Crippen LogP contribution in [0.2, 0.25) is 0 Å². The van der Waals surface area contributed by atoms with E-state index in [4.69, 9.17) is 5.73 Å². The van der Waals surface area contributed by atoms with Gasteiger partial charge in [-0.3, -0.25) is 14.9 Å². The highest BCUT2D eigenvalue weighted by molar-refractivity contribution is 9.11. The molecule has 0 aromatic carbocycles. The van der Waals surface area contributed by atoms with Crippen LogP contribution in [0.4, 0.5) is 11.5 Å². The summed E-state index contributed by atoms with van der Waals surface area (Å²) in [6, 6.07) is 3.05. The minimum absolute atomic E-state index is 0.0241. The number of thiophene rings is 1. The van der Waals surface area contributed by atoms with Gasteiger partial charge in [0.05, 0.1) is 14.3 Å². The summed E-state index contributed by atoms with van der Waals surface area (Å²) < 4.78 is 0.967. The van der Waals surface area contributed by atoms with E-state index in [2.05, 4.69) is 20.9 Å². The molecule has 9 heteroatoms. The number of pyridine rings is 1. The molecule has 0 saturated heterocycles. The van der Waals surface area contributed by atoms with Crippen molar-refractivity contribution in [2.75, 3.05) is 12.8 Å². The van der Waals surface area contributed by atoms with Crippen molar-refractivity contribution < 1.29 is 9.72 Å². The fraction of sp³-hybridized carbons (Fsp3) is 0.167. The third-order valence-corrected chi connectivity index (χ3v) is 4.29. The van der Waals surface area contributed by atoms with Crippen molar-refractivity contribution in [1.82, 2.24) is 9.88 Å². The molecule has 7 nitrogen and oxygen atoms in total. The first kappa shape index (κ1) is 15.4. The smallest absolute Gasteiger partial charge is 0.288 e. The molecular weight excluding hydrogens is 360 g/mol. The Kier molecular flexibility index (Phi) is 4.53. The number of halogens is 1. The minimum atomic E-state index is -0.612. The molecule has 2 aromatic heterocycles. The molecule has 2 rings (SSSR count). The number of anilines is 1. The largest absolute Gasteiger partial charge is 0.383 e. The van der Waals surface area contributed by atoms with Crippen LogP contribution < -0.4 is 5.73 Å². The number of hydrogen-bond donors (Lipinski definition) is 1. The fourth-order valence-electron chi connectivity index (χ4n) is 1.72. The molecule has 0 spiro atoms. The maximum Gasteiger partial charge on any atom is 0.288 e. The Morgan fingerprint density at radius 1 is 1.57 bits per heavy atom. The molecule has 0 aliphatic carbocycles. The number of nitrogens with zero attached hydrogens (tertiary/aromatic N) is 3. The molecule has 0 saturated carbocycles. The number of amides is 1. The van der Waals surface area contributed by atoms with Crippen LogP contribution in [0.5, 0.6) is 0 Å². The van der Waals surface area contributed by atoms with Gasteiger partial charge in [-0.05, 0) is 32.9 Å². The number of nitrogen functional groups attached to an aromatic ring is 1. The van der Waals surface area contributed by atoms with Crippen LogP contribution >= 0.6 is 27.3 Å². The molecule has 2 N–H and O–H groups in total. The van der Waals surface area contributed by atoms with Crippen molar-refractivity contribution in [1.29, 1.82) is 0 Å². The molecule has 0 fully saturated rings. The predicted octanol–water partition coefficient (Wildman–Crippen LogP) is 2.67. The Balaban J connectivity index is 2.22. The first-order valence-corrected chi connectivity index (χ1v) is 7.44. The van der Waals surface area contributed by atoms with E-state index in [1.165, 1.54) is 16.2 Å². The van der Waals surface area contributed by atoms with Gasteiger partial charge in [-0.25, -0.2) is 4.98 Å². The summed E-state index contributed by atoms with van der Waals surface area (Å²) >= 11 is 4.87. The Morgan fingerprint density at radius 3 is 2.86 bits per heavy atom. The maximum atomic E-state index is 12.3. The standard InChI is InChI=1S/C12H11BrN4O3S/c1-16(5-7-2-10(13)21-6-7)12(18)9-3-8(17(19)20)4-15-11(9)14/h2-4,6H,5H2,1H3,(H2,14,15). The van der Waals surface area contributed by atoms with E-state index in [9.17, 15) is 14.9 Å².